The number of aliphatic imine (C=N–C) groups is 1. The van der Waals surface area contributed by atoms with Crippen LogP contribution in [0.4, 0.5) is 17.1 Å². The van der Waals surface area contributed by atoms with Crippen LogP contribution in [-0.2, 0) is 20.2 Å². The highest BCUT2D eigenvalue weighted by molar-refractivity contribution is 7.86. The summed E-state index contributed by atoms with van der Waals surface area (Å²) in [7, 11) is -9.79. The van der Waals surface area contributed by atoms with E-state index in [9.17, 15) is 30.7 Å². The van der Waals surface area contributed by atoms with Crippen LogP contribution in [0.15, 0.2) is 80.5 Å². The summed E-state index contributed by atoms with van der Waals surface area (Å²) in [6.45, 7) is 4.69. The van der Waals surface area contributed by atoms with Gasteiger partial charge in [-0.05, 0) is 80.1 Å². The van der Waals surface area contributed by atoms with E-state index in [4.69, 9.17) is 15.5 Å². The van der Waals surface area contributed by atoms with Gasteiger partial charge < -0.3 is 10.2 Å². The molecule has 0 saturated carbocycles. The Morgan fingerprint density at radius 3 is 2.08 bits per heavy atom. The fraction of sp³-hybridized carbons (Fsp3) is 0.194. The molecule has 3 aromatic carbocycles. The first-order chi connectivity index (χ1) is 23.2. The van der Waals surface area contributed by atoms with Gasteiger partial charge in [-0.3, -0.25) is 13.9 Å². The predicted octanol–water partition coefficient (Wildman–Crippen LogP) is 3.99. The van der Waals surface area contributed by atoms with Gasteiger partial charge >= 0.3 is 0 Å². The van der Waals surface area contributed by atoms with Gasteiger partial charge in [-0.15, -0.1) is 9.89 Å². The van der Waals surface area contributed by atoms with E-state index in [1.165, 1.54) is 16.9 Å². The lowest BCUT2D eigenvalue weighted by Gasteiger charge is -2.23. The third-order valence-corrected chi connectivity index (χ3v) is 8.96. The monoisotopic (exact) mass is 701 g/mol. The van der Waals surface area contributed by atoms with E-state index in [0.717, 1.165) is 23.4 Å². The van der Waals surface area contributed by atoms with E-state index >= 15 is 0 Å². The predicted molar refractivity (Wildman–Crippen MR) is 178 cm³/mol. The van der Waals surface area contributed by atoms with Gasteiger partial charge in [-0.2, -0.15) is 32.5 Å². The number of carbonyl (C=O) groups is 1. The molecule has 1 amide bonds. The van der Waals surface area contributed by atoms with Crippen LogP contribution in [0.3, 0.4) is 0 Å². The first-order valence-corrected chi connectivity index (χ1v) is 17.3. The third-order valence-electron chi connectivity index (χ3n) is 7.29. The fourth-order valence-corrected chi connectivity index (χ4v) is 6.03. The number of amides is 1. The Bertz CT molecular complexity index is 2270. The molecule has 5 rings (SSSR count). The first kappa shape index (κ1) is 34.5. The van der Waals surface area contributed by atoms with Gasteiger partial charge in [0, 0.05) is 35.6 Å². The molecule has 1 aliphatic rings. The molecule has 0 saturated heterocycles. The highest BCUT2D eigenvalue weighted by Crippen LogP contribution is 2.28. The summed E-state index contributed by atoms with van der Waals surface area (Å²) in [5, 5.41) is 29.4. The Balaban J connectivity index is 1.36. The van der Waals surface area contributed by atoms with Gasteiger partial charge in [0.25, 0.3) is 26.1 Å². The number of carbonyl (C=O) groups excluding carboxylic acids is 1. The van der Waals surface area contributed by atoms with Crippen LogP contribution < -0.4 is 10.2 Å². The van der Waals surface area contributed by atoms with Gasteiger partial charge in [-0.25, -0.2) is 9.98 Å². The van der Waals surface area contributed by atoms with Crippen LogP contribution in [-0.4, -0.2) is 71.2 Å². The minimum Gasteiger partial charge on any atom is -0.369 e. The molecule has 0 fully saturated rings. The summed E-state index contributed by atoms with van der Waals surface area (Å²) in [6.07, 6.45) is 0.655. The molecule has 18 heteroatoms. The molecule has 1 aromatic heterocycles. The average Bonchev–Trinajstić information content (AvgIpc) is 3.58. The van der Waals surface area contributed by atoms with Crippen molar-refractivity contribution in [3.8, 4) is 23.5 Å². The van der Waals surface area contributed by atoms with Crippen molar-refractivity contribution in [3.05, 3.63) is 77.6 Å². The second kappa shape index (κ2) is 13.7. The molecule has 16 nitrogen and oxygen atoms in total. The zero-order valence-electron chi connectivity index (χ0n) is 25.9. The standard InChI is InChI=1S/C31H27N9O7S2/c1-19-15-24(39(13-3-11-32)14-4-12-33)9-10-27(19)35-28-20(2)37-40-30(28)36-29(38-40)21-5-7-23(8-6-21)34-31(41)22-16-25(48(42,43)44)18-26(17-22)49(45,46)47/h5-10,15-18H,3-4,13-14H2,1-2H3,(H,34,41)(H,42,43,44)(H,45,46,47). The molecule has 0 radical (unpaired) electrons. The van der Waals surface area contributed by atoms with Crippen LogP contribution in [0.1, 0.15) is 41.5 Å². The number of hydrogen-bond acceptors (Lipinski definition) is 12. The molecule has 4 aromatic rings. The highest BCUT2D eigenvalue weighted by atomic mass is 32.2. The Morgan fingerprint density at radius 2 is 1.53 bits per heavy atom. The molecule has 3 N–H and O–H groups in total. The zero-order chi connectivity index (χ0) is 35.5. The number of nitrogens with zero attached hydrogens (tertiary/aromatic N) is 8. The average molecular weight is 702 g/mol. The Kier molecular flexibility index (Phi) is 9.69. The minimum atomic E-state index is -4.90. The van der Waals surface area contributed by atoms with Crippen LogP contribution in [0.2, 0.25) is 0 Å². The number of rotatable bonds is 11. The van der Waals surface area contributed by atoms with Gasteiger partial charge in [0.05, 0.1) is 46.2 Å². The van der Waals surface area contributed by atoms with Crippen LogP contribution in [0.5, 0.6) is 0 Å². The Labute approximate surface area is 281 Å². The van der Waals surface area contributed by atoms with Crippen LogP contribution in [0, 0.1) is 29.6 Å². The number of anilines is 2. The van der Waals surface area contributed by atoms with E-state index in [2.05, 4.69) is 32.6 Å². The summed E-state index contributed by atoms with van der Waals surface area (Å²) in [6, 6.07) is 18.3. The summed E-state index contributed by atoms with van der Waals surface area (Å²) in [4.78, 5) is 23.9. The Hall–Kier alpha value is -5.79. The van der Waals surface area contributed by atoms with Crippen molar-refractivity contribution < 1.29 is 30.7 Å². The quantitative estimate of drug-likeness (QED) is 0.188. The number of nitriles is 2. The number of nitrogens with one attached hydrogen (secondary N) is 1. The fourth-order valence-electron chi connectivity index (χ4n) is 4.86. The molecule has 0 bridgehead atoms. The topological polar surface area (TPSA) is 244 Å². The summed E-state index contributed by atoms with van der Waals surface area (Å²) in [5.74, 6) is -0.187. The van der Waals surface area contributed by atoms with Crippen molar-refractivity contribution >= 4 is 54.6 Å². The number of aryl methyl sites for hydroxylation is 1. The largest absolute Gasteiger partial charge is 0.369 e. The van der Waals surface area contributed by atoms with Gasteiger partial charge in [0.2, 0.25) is 5.82 Å². The number of aromatic nitrogens is 3. The molecule has 0 atom stereocenters. The lowest BCUT2D eigenvalue weighted by Crippen LogP contribution is -2.25. The van der Waals surface area contributed by atoms with Crippen molar-refractivity contribution in [2.75, 3.05) is 23.3 Å². The molecule has 0 unspecified atom stereocenters. The molecular formula is C31H27N9O7S2. The van der Waals surface area contributed by atoms with E-state index < -0.39 is 41.5 Å². The lowest BCUT2D eigenvalue weighted by molar-refractivity contribution is 0.102. The first-order valence-electron chi connectivity index (χ1n) is 14.4. The smallest absolute Gasteiger partial charge is 0.294 e. The van der Waals surface area contributed by atoms with Crippen molar-refractivity contribution in [2.24, 2.45) is 10.1 Å². The lowest BCUT2D eigenvalue weighted by atomic mass is 10.1. The van der Waals surface area contributed by atoms with Crippen molar-refractivity contribution in [3.63, 3.8) is 0 Å². The molecule has 49 heavy (non-hydrogen) atoms. The normalized spacial score (nSPS) is 13.3. The van der Waals surface area contributed by atoms with Crippen molar-refractivity contribution in [1.29, 1.82) is 10.5 Å². The molecular weight excluding hydrogens is 675 g/mol. The molecule has 0 spiro atoms. The number of hydrogen-bond donors (Lipinski definition) is 3. The molecule has 0 aliphatic carbocycles. The van der Waals surface area contributed by atoms with Crippen molar-refractivity contribution in [1.82, 2.24) is 14.9 Å². The van der Waals surface area contributed by atoms with Crippen molar-refractivity contribution in [2.45, 2.75) is 36.5 Å². The summed E-state index contributed by atoms with van der Waals surface area (Å²) < 4.78 is 65.2. The molecule has 250 valence electrons. The van der Waals surface area contributed by atoms with Gasteiger partial charge in [0.15, 0.2) is 5.82 Å². The molecule has 2 heterocycles. The maximum atomic E-state index is 12.9. The van der Waals surface area contributed by atoms with E-state index in [1.54, 1.807) is 19.1 Å². The number of fused-ring (bicyclic) bond motifs is 1. The maximum Gasteiger partial charge on any atom is 0.294 e. The zero-order valence-corrected chi connectivity index (χ0v) is 27.6. The van der Waals surface area contributed by atoms with Crippen LogP contribution >= 0.6 is 0 Å². The maximum absolute atomic E-state index is 12.9. The van der Waals surface area contributed by atoms with E-state index in [0.29, 0.717) is 66.3 Å². The van der Waals surface area contributed by atoms with Gasteiger partial charge in [-0.1, -0.05) is 0 Å². The second-order valence-corrected chi connectivity index (χ2v) is 13.6. The summed E-state index contributed by atoms with van der Waals surface area (Å²) >= 11 is 0. The highest BCUT2D eigenvalue weighted by Gasteiger charge is 2.26. The second-order valence-electron chi connectivity index (χ2n) is 10.7. The third kappa shape index (κ3) is 7.86. The van der Waals surface area contributed by atoms with E-state index in [-0.39, 0.29) is 5.69 Å². The van der Waals surface area contributed by atoms with E-state index in [1.807, 2.05) is 30.0 Å². The summed E-state index contributed by atoms with van der Waals surface area (Å²) in [5.41, 5.74) is 3.90. The van der Waals surface area contributed by atoms with Crippen LogP contribution in [0.25, 0.3) is 11.4 Å². The number of benzene rings is 3. The minimum absolute atomic E-state index is 0.250. The Morgan fingerprint density at radius 1 is 0.918 bits per heavy atom. The molecule has 1 aliphatic heterocycles. The SMILES string of the molecule is CC1=Nn2nc(-c3ccc(NC(=O)c4cc(S(=O)(=O)O)cc(S(=O)(=O)O)c4)cc3)nc2C1=Nc1ccc(N(CCC#N)CCC#N)cc1C. The van der Waals surface area contributed by atoms with Gasteiger partial charge in [0.1, 0.15) is 5.71 Å².